The largest absolute Gasteiger partial charge is 0.472 e. The van der Waals surface area contributed by atoms with Gasteiger partial charge < -0.3 is 20.1 Å². The summed E-state index contributed by atoms with van der Waals surface area (Å²) < 4.78 is 32.9. The van der Waals surface area contributed by atoms with Gasteiger partial charge in [0.15, 0.2) is 6.10 Å². The van der Waals surface area contributed by atoms with Gasteiger partial charge in [-0.3, -0.25) is 18.6 Å². The van der Waals surface area contributed by atoms with E-state index in [0.29, 0.717) is 6.42 Å². The van der Waals surface area contributed by atoms with Crippen molar-refractivity contribution in [3.8, 4) is 0 Å². The molecule has 0 bridgehead atoms. The average Bonchev–Trinajstić information content (AvgIpc) is 3.26. The van der Waals surface area contributed by atoms with E-state index in [1.54, 1.807) is 0 Å². The Morgan fingerprint density at radius 3 is 1.34 bits per heavy atom. The SMILES string of the molecule is CC/C=C\C/C=C\C/C=C\C/C=C\CCCCCCCCCCCCCCCCC(=O)OC(COC(=O)CCCCCCC/C=C\CCCCCCC)COP(=O)(O)OCCN. The highest BCUT2D eigenvalue weighted by molar-refractivity contribution is 7.47. The number of esters is 2. The third kappa shape index (κ3) is 47.2. The second-order valence-corrected chi connectivity index (χ2v) is 18.1. The van der Waals surface area contributed by atoms with Gasteiger partial charge in [-0.1, -0.05) is 197 Å². The van der Waals surface area contributed by atoms with Crippen LogP contribution in [-0.2, 0) is 32.7 Å². The summed E-state index contributed by atoms with van der Waals surface area (Å²) in [5.74, 6) is -0.836. The predicted octanol–water partition coefficient (Wildman–Crippen LogP) is 15.2. The monoisotopic (exact) mass is 892 g/mol. The number of allylic oxidation sites excluding steroid dienone is 10. The average molecular weight is 892 g/mol. The van der Waals surface area contributed by atoms with Crippen molar-refractivity contribution in [2.45, 2.75) is 232 Å². The second-order valence-electron chi connectivity index (χ2n) is 16.7. The van der Waals surface area contributed by atoms with Crippen LogP contribution in [0.5, 0.6) is 0 Å². The molecule has 0 aliphatic carbocycles. The Balaban J connectivity index is 4.00. The van der Waals surface area contributed by atoms with Crippen LogP contribution in [0, 0.1) is 0 Å². The molecule has 2 atom stereocenters. The molecular formula is C52H94NO8P. The molecule has 0 radical (unpaired) electrons. The Morgan fingerprint density at radius 2 is 0.887 bits per heavy atom. The number of ether oxygens (including phenoxy) is 2. The third-order valence-corrected chi connectivity index (χ3v) is 11.6. The Morgan fingerprint density at radius 1 is 0.500 bits per heavy atom. The van der Waals surface area contributed by atoms with Crippen LogP contribution in [0.3, 0.4) is 0 Å². The molecule has 0 rings (SSSR count). The molecule has 360 valence electrons. The van der Waals surface area contributed by atoms with Gasteiger partial charge in [-0.05, 0) is 77.0 Å². The predicted molar refractivity (Wildman–Crippen MR) is 261 cm³/mol. The number of phosphoric acid groups is 1. The minimum atomic E-state index is -4.38. The molecule has 0 aliphatic rings. The number of hydrogen-bond acceptors (Lipinski definition) is 8. The first-order valence-corrected chi connectivity index (χ1v) is 26.8. The molecule has 0 amide bonds. The van der Waals surface area contributed by atoms with Crippen LogP contribution in [0.15, 0.2) is 60.8 Å². The molecule has 62 heavy (non-hydrogen) atoms. The quantitative estimate of drug-likeness (QED) is 0.0265. The van der Waals surface area contributed by atoms with Crippen LogP contribution >= 0.6 is 7.82 Å². The Bertz CT molecular complexity index is 1200. The van der Waals surface area contributed by atoms with Gasteiger partial charge in [0.05, 0.1) is 13.2 Å². The fourth-order valence-corrected chi connectivity index (χ4v) is 7.68. The first-order valence-electron chi connectivity index (χ1n) is 25.3. The normalized spacial score (nSPS) is 13.7. The van der Waals surface area contributed by atoms with Crippen molar-refractivity contribution in [2.75, 3.05) is 26.4 Å². The highest BCUT2D eigenvalue weighted by Crippen LogP contribution is 2.43. The summed E-state index contributed by atoms with van der Waals surface area (Å²) in [6.45, 7) is 3.62. The Kier molecular flexibility index (Phi) is 46.4. The van der Waals surface area contributed by atoms with Crippen LogP contribution < -0.4 is 5.73 Å². The smallest absolute Gasteiger partial charge is 0.462 e. The maximum atomic E-state index is 12.6. The molecule has 0 fully saturated rings. The molecule has 0 saturated carbocycles. The van der Waals surface area contributed by atoms with Crippen molar-refractivity contribution >= 4 is 19.8 Å². The fourth-order valence-electron chi connectivity index (χ4n) is 6.92. The number of phosphoric ester groups is 1. The van der Waals surface area contributed by atoms with Crippen molar-refractivity contribution in [1.82, 2.24) is 0 Å². The van der Waals surface area contributed by atoms with E-state index in [1.807, 2.05) is 0 Å². The lowest BCUT2D eigenvalue weighted by molar-refractivity contribution is -0.161. The summed E-state index contributed by atoms with van der Waals surface area (Å²) >= 11 is 0. The summed E-state index contributed by atoms with van der Waals surface area (Å²) in [6.07, 6.45) is 58.3. The van der Waals surface area contributed by atoms with Crippen LogP contribution in [0.4, 0.5) is 0 Å². The standard InChI is InChI=1S/C52H94NO8P/c1-3-5-7-9-11-13-15-17-19-20-21-22-23-24-25-26-27-28-29-30-31-33-35-37-39-41-43-45-52(55)61-50(49-60-62(56,57)59-47-46-53)48-58-51(54)44-42-40-38-36-34-32-18-16-14-12-10-8-6-4-2/h5,7,11,13,16-19,21-22,50H,3-4,6,8-10,12,14-15,20,23-49,53H2,1-2H3,(H,56,57)/b7-5-,13-11-,18-16-,19-17-,22-21-. The van der Waals surface area contributed by atoms with E-state index in [9.17, 15) is 19.0 Å². The lowest BCUT2D eigenvalue weighted by Gasteiger charge is -2.19. The molecule has 0 aromatic carbocycles. The fraction of sp³-hybridized carbons (Fsp3) is 0.769. The van der Waals surface area contributed by atoms with Gasteiger partial charge in [0.1, 0.15) is 6.61 Å². The topological polar surface area (TPSA) is 134 Å². The van der Waals surface area contributed by atoms with Crippen molar-refractivity contribution in [2.24, 2.45) is 5.73 Å². The van der Waals surface area contributed by atoms with E-state index >= 15 is 0 Å². The van der Waals surface area contributed by atoms with Crippen molar-refractivity contribution < 1.29 is 37.6 Å². The molecule has 0 spiro atoms. The highest BCUT2D eigenvalue weighted by Gasteiger charge is 2.26. The molecule has 3 N–H and O–H groups in total. The van der Waals surface area contributed by atoms with Crippen molar-refractivity contribution in [1.29, 1.82) is 0 Å². The van der Waals surface area contributed by atoms with Gasteiger partial charge in [-0.15, -0.1) is 0 Å². The molecule has 9 nitrogen and oxygen atoms in total. The number of hydrogen-bond donors (Lipinski definition) is 2. The molecule has 10 heteroatoms. The van der Waals surface area contributed by atoms with Crippen molar-refractivity contribution in [3.63, 3.8) is 0 Å². The van der Waals surface area contributed by atoms with Crippen LogP contribution in [-0.4, -0.2) is 49.3 Å². The molecule has 0 aromatic rings. The van der Waals surface area contributed by atoms with Crippen molar-refractivity contribution in [3.05, 3.63) is 60.8 Å². The first-order chi connectivity index (χ1) is 30.3. The molecule has 0 aromatic heterocycles. The minimum absolute atomic E-state index is 0.0511. The lowest BCUT2D eigenvalue weighted by Crippen LogP contribution is -2.29. The van der Waals surface area contributed by atoms with E-state index in [1.165, 1.54) is 109 Å². The maximum Gasteiger partial charge on any atom is 0.472 e. The number of rotatable bonds is 47. The van der Waals surface area contributed by atoms with Gasteiger partial charge in [0, 0.05) is 19.4 Å². The van der Waals surface area contributed by atoms with E-state index in [4.69, 9.17) is 24.3 Å². The number of unbranched alkanes of at least 4 members (excludes halogenated alkanes) is 24. The van der Waals surface area contributed by atoms with E-state index in [-0.39, 0.29) is 38.6 Å². The summed E-state index contributed by atoms with van der Waals surface area (Å²) in [5.41, 5.74) is 5.36. The first kappa shape index (κ1) is 59.7. The Hall–Kier alpha value is -2.29. The van der Waals surface area contributed by atoms with Gasteiger partial charge in [0.25, 0.3) is 0 Å². The van der Waals surface area contributed by atoms with Gasteiger partial charge in [-0.25, -0.2) is 4.57 Å². The van der Waals surface area contributed by atoms with Gasteiger partial charge >= 0.3 is 19.8 Å². The number of nitrogens with two attached hydrogens (primary N) is 1. The second kappa shape index (κ2) is 48.2. The van der Waals surface area contributed by atoms with Crippen LogP contribution in [0.1, 0.15) is 226 Å². The molecule has 0 saturated heterocycles. The molecule has 2 unspecified atom stereocenters. The lowest BCUT2D eigenvalue weighted by atomic mass is 10.0. The summed E-state index contributed by atoms with van der Waals surface area (Å²) in [5, 5.41) is 0. The Labute approximate surface area is 380 Å². The molecule has 0 heterocycles. The van der Waals surface area contributed by atoms with E-state index in [0.717, 1.165) is 83.5 Å². The van der Waals surface area contributed by atoms with E-state index < -0.39 is 26.5 Å². The zero-order valence-corrected chi connectivity index (χ0v) is 40.7. The van der Waals surface area contributed by atoms with Crippen LogP contribution in [0.2, 0.25) is 0 Å². The molecular weight excluding hydrogens is 798 g/mol. The van der Waals surface area contributed by atoms with E-state index in [2.05, 4.69) is 74.6 Å². The van der Waals surface area contributed by atoms with Gasteiger partial charge in [0.2, 0.25) is 0 Å². The van der Waals surface area contributed by atoms with Crippen LogP contribution in [0.25, 0.3) is 0 Å². The zero-order chi connectivity index (χ0) is 45.3. The summed E-state index contributed by atoms with van der Waals surface area (Å²) in [7, 11) is -4.38. The highest BCUT2D eigenvalue weighted by atomic mass is 31.2. The zero-order valence-electron chi connectivity index (χ0n) is 39.8. The minimum Gasteiger partial charge on any atom is -0.462 e. The third-order valence-electron chi connectivity index (χ3n) is 10.6. The maximum absolute atomic E-state index is 12.6. The molecule has 0 aliphatic heterocycles. The number of carbonyl (C=O) groups excluding carboxylic acids is 2. The number of carbonyl (C=O) groups is 2. The summed E-state index contributed by atoms with van der Waals surface area (Å²) in [4.78, 5) is 35.0. The summed E-state index contributed by atoms with van der Waals surface area (Å²) in [6, 6.07) is 0. The van der Waals surface area contributed by atoms with Gasteiger partial charge in [-0.2, -0.15) is 0 Å².